The molecule has 31 heavy (non-hydrogen) atoms. The second-order valence-corrected chi connectivity index (χ2v) is 8.46. The third kappa shape index (κ3) is 4.60. The van der Waals surface area contributed by atoms with Crippen LogP contribution >= 0.6 is 0 Å². The van der Waals surface area contributed by atoms with Gasteiger partial charge in [0.2, 0.25) is 11.9 Å². The number of aryl methyl sites for hydroxylation is 2. The molecule has 1 fully saturated rings. The Morgan fingerprint density at radius 2 is 1.97 bits per heavy atom. The van der Waals surface area contributed by atoms with Gasteiger partial charge in [0.25, 0.3) is 0 Å². The molecule has 7 nitrogen and oxygen atoms in total. The summed E-state index contributed by atoms with van der Waals surface area (Å²) in [5.74, 6) is 1.37. The van der Waals surface area contributed by atoms with E-state index in [0.29, 0.717) is 18.1 Å². The summed E-state index contributed by atoms with van der Waals surface area (Å²) in [6, 6.07) is 9.93. The number of carbonyl (C=O) groups excluding carboxylic acids is 1. The first kappa shape index (κ1) is 21.0. The van der Waals surface area contributed by atoms with E-state index in [4.69, 9.17) is 9.51 Å². The molecule has 1 atom stereocenters. The lowest BCUT2D eigenvalue weighted by atomic mass is 9.94. The van der Waals surface area contributed by atoms with Gasteiger partial charge in [-0.05, 0) is 38.7 Å². The number of nitrogens with zero attached hydrogens (tertiary/aromatic N) is 5. The smallest absolute Gasteiger partial charge is 0.227 e. The minimum absolute atomic E-state index is 0.117. The van der Waals surface area contributed by atoms with E-state index >= 15 is 0 Å². The van der Waals surface area contributed by atoms with E-state index in [-0.39, 0.29) is 11.9 Å². The number of rotatable bonds is 5. The van der Waals surface area contributed by atoms with Crippen LogP contribution in [0.4, 0.5) is 5.95 Å². The summed E-state index contributed by atoms with van der Waals surface area (Å²) in [6.45, 7) is 4.67. The van der Waals surface area contributed by atoms with Crippen LogP contribution in [0.1, 0.15) is 47.8 Å². The Labute approximate surface area is 183 Å². The topological polar surface area (TPSA) is 75.4 Å². The second-order valence-electron chi connectivity index (χ2n) is 8.46. The molecule has 1 aliphatic rings. The molecule has 0 spiro atoms. The summed E-state index contributed by atoms with van der Waals surface area (Å²) < 4.78 is 5.54. The zero-order valence-electron chi connectivity index (χ0n) is 18.6. The fraction of sp³-hybridized carbons (Fsp3) is 0.417. The van der Waals surface area contributed by atoms with Gasteiger partial charge in [-0.1, -0.05) is 35.0 Å². The fourth-order valence-electron chi connectivity index (χ4n) is 4.03. The Kier molecular flexibility index (Phi) is 6.02. The van der Waals surface area contributed by atoms with Crippen molar-refractivity contribution in [3.63, 3.8) is 0 Å². The van der Waals surface area contributed by atoms with Gasteiger partial charge in [-0.2, -0.15) is 0 Å². The van der Waals surface area contributed by atoms with Crippen molar-refractivity contribution in [1.29, 1.82) is 0 Å². The van der Waals surface area contributed by atoms with Crippen LogP contribution in [0, 0.1) is 13.8 Å². The van der Waals surface area contributed by atoms with Crippen LogP contribution in [-0.4, -0.2) is 46.6 Å². The SMILES string of the molecule is Cc1ccc(CC(=O)N2CCCC[C@H]2c2nc(N(C)C)ncc2-c2cc(C)no2)cc1. The van der Waals surface area contributed by atoms with Crippen molar-refractivity contribution in [2.75, 3.05) is 25.5 Å². The first-order chi connectivity index (χ1) is 14.9. The Morgan fingerprint density at radius 3 is 2.65 bits per heavy atom. The highest BCUT2D eigenvalue weighted by Crippen LogP contribution is 2.37. The number of hydrogen-bond acceptors (Lipinski definition) is 6. The molecule has 1 amide bonds. The van der Waals surface area contributed by atoms with Crippen molar-refractivity contribution in [3.05, 3.63) is 59.0 Å². The maximum absolute atomic E-state index is 13.3. The van der Waals surface area contributed by atoms with Crippen LogP contribution in [0.3, 0.4) is 0 Å². The number of benzene rings is 1. The molecule has 4 rings (SSSR count). The number of piperidine rings is 1. The summed E-state index contributed by atoms with van der Waals surface area (Å²) in [5, 5.41) is 4.03. The van der Waals surface area contributed by atoms with Gasteiger partial charge in [0.1, 0.15) is 0 Å². The van der Waals surface area contributed by atoms with Crippen LogP contribution in [0.15, 0.2) is 41.1 Å². The average Bonchev–Trinajstić information content (AvgIpc) is 3.21. The van der Waals surface area contributed by atoms with Crippen LogP contribution in [0.5, 0.6) is 0 Å². The number of anilines is 1. The van der Waals surface area contributed by atoms with E-state index in [1.54, 1.807) is 6.20 Å². The highest BCUT2D eigenvalue weighted by atomic mass is 16.5. The quantitative estimate of drug-likeness (QED) is 0.619. The van der Waals surface area contributed by atoms with Gasteiger partial charge >= 0.3 is 0 Å². The number of hydrogen-bond donors (Lipinski definition) is 0. The summed E-state index contributed by atoms with van der Waals surface area (Å²) >= 11 is 0. The second kappa shape index (κ2) is 8.88. The number of amides is 1. The summed E-state index contributed by atoms with van der Waals surface area (Å²) in [5.41, 5.74) is 4.64. The van der Waals surface area contributed by atoms with Gasteiger partial charge in [0.15, 0.2) is 5.76 Å². The molecular formula is C24H29N5O2. The van der Waals surface area contributed by atoms with Gasteiger partial charge in [-0.3, -0.25) is 4.79 Å². The standard InChI is InChI=1S/C24H29N5O2/c1-16-8-10-18(11-9-16)14-22(30)29-12-6-5-7-20(29)23-19(21-13-17(2)27-31-21)15-25-24(26-23)28(3)4/h8-11,13,15,20H,5-7,12,14H2,1-4H3/t20-/m0/s1. The number of likely N-dealkylation sites (tertiary alicyclic amines) is 1. The molecule has 1 aliphatic heterocycles. The molecule has 0 unspecified atom stereocenters. The van der Waals surface area contributed by atoms with E-state index in [2.05, 4.69) is 29.2 Å². The lowest BCUT2D eigenvalue weighted by molar-refractivity contribution is -0.134. The minimum Gasteiger partial charge on any atom is -0.356 e. The third-order valence-electron chi connectivity index (χ3n) is 5.71. The number of aromatic nitrogens is 3. The van der Waals surface area contributed by atoms with E-state index in [1.807, 2.05) is 49.0 Å². The van der Waals surface area contributed by atoms with Crippen molar-refractivity contribution in [3.8, 4) is 11.3 Å². The Balaban J connectivity index is 1.70. The molecule has 0 bridgehead atoms. The van der Waals surface area contributed by atoms with Gasteiger partial charge in [-0.15, -0.1) is 0 Å². The zero-order valence-corrected chi connectivity index (χ0v) is 18.6. The lowest BCUT2D eigenvalue weighted by Crippen LogP contribution is -2.40. The van der Waals surface area contributed by atoms with Crippen molar-refractivity contribution >= 4 is 11.9 Å². The first-order valence-electron chi connectivity index (χ1n) is 10.8. The molecule has 3 aromatic rings. The molecule has 2 aromatic heterocycles. The highest BCUT2D eigenvalue weighted by Gasteiger charge is 2.32. The molecule has 1 aromatic carbocycles. The monoisotopic (exact) mass is 419 g/mol. The molecule has 162 valence electrons. The van der Waals surface area contributed by atoms with E-state index < -0.39 is 0 Å². The Hall–Kier alpha value is -3.22. The average molecular weight is 420 g/mol. The Morgan fingerprint density at radius 1 is 1.19 bits per heavy atom. The molecule has 0 saturated carbocycles. The van der Waals surface area contributed by atoms with Crippen LogP contribution < -0.4 is 4.90 Å². The molecule has 3 heterocycles. The maximum Gasteiger partial charge on any atom is 0.227 e. The van der Waals surface area contributed by atoms with Crippen molar-refractivity contribution in [2.24, 2.45) is 0 Å². The predicted octanol–water partition coefficient (Wildman–Crippen LogP) is 4.11. The normalized spacial score (nSPS) is 16.4. The van der Waals surface area contributed by atoms with E-state index in [0.717, 1.165) is 48.3 Å². The van der Waals surface area contributed by atoms with Gasteiger partial charge in [-0.25, -0.2) is 9.97 Å². The largest absolute Gasteiger partial charge is 0.356 e. The molecule has 7 heteroatoms. The summed E-state index contributed by atoms with van der Waals surface area (Å²) in [6.07, 6.45) is 5.09. The number of carbonyl (C=O) groups is 1. The fourth-order valence-corrected chi connectivity index (χ4v) is 4.03. The molecule has 0 radical (unpaired) electrons. The van der Waals surface area contributed by atoms with Crippen molar-refractivity contribution in [2.45, 2.75) is 45.6 Å². The third-order valence-corrected chi connectivity index (χ3v) is 5.71. The van der Waals surface area contributed by atoms with E-state index in [1.165, 1.54) is 5.56 Å². The van der Waals surface area contributed by atoms with Crippen molar-refractivity contribution in [1.82, 2.24) is 20.0 Å². The molecule has 0 aliphatic carbocycles. The molecular weight excluding hydrogens is 390 g/mol. The molecule has 0 N–H and O–H groups in total. The predicted molar refractivity (Wildman–Crippen MR) is 120 cm³/mol. The maximum atomic E-state index is 13.3. The zero-order chi connectivity index (χ0) is 22.0. The van der Waals surface area contributed by atoms with Crippen LogP contribution in [0.25, 0.3) is 11.3 Å². The lowest BCUT2D eigenvalue weighted by Gasteiger charge is -2.36. The Bertz CT molecular complexity index is 1060. The molecule has 1 saturated heterocycles. The first-order valence-corrected chi connectivity index (χ1v) is 10.8. The van der Waals surface area contributed by atoms with Gasteiger partial charge in [0.05, 0.1) is 29.4 Å². The summed E-state index contributed by atoms with van der Waals surface area (Å²) in [4.78, 5) is 26.6. The van der Waals surface area contributed by atoms with Gasteiger partial charge in [0, 0.05) is 32.9 Å². The summed E-state index contributed by atoms with van der Waals surface area (Å²) in [7, 11) is 3.83. The van der Waals surface area contributed by atoms with Crippen LogP contribution in [-0.2, 0) is 11.2 Å². The van der Waals surface area contributed by atoms with Crippen molar-refractivity contribution < 1.29 is 9.32 Å². The minimum atomic E-state index is -0.117. The van der Waals surface area contributed by atoms with Gasteiger partial charge < -0.3 is 14.3 Å². The van der Waals surface area contributed by atoms with Crippen LogP contribution in [0.2, 0.25) is 0 Å². The highest BCUT2D eigenvalue weighted by molar-refractivity contribution is 5.79. The van der Waals surface area contributed by atoms with E-state index in [9.17, 15) is 4.79 Å².